The fourth-order valence-electron chi connectivity index (χ4n) is 5.21. The molecule has 30 heavy (non-hydrogen) atoms. The largest absolute Gasteiger partial charge is 0.495 e. The number of halogens is 1. The maximum atomic E-state index is 12.5. The van der Waals surface area contributed by atoms with Gasteiger partial charge in [0.25, 0.3) is 0 Å². The van der Waals surface area contributed by atoms with Crippen molar-refractivity contribution in [1.29, 1.82) is 0 Å². The number of hydrogen-bond acceptors (Lipinski definition) is 4. The van der Waals surface area contributed by atoms with Gasteiger partial charge >= 0.3 is 6.09 Å². The van der Waals surface area contributed by atoms with Gasteiger partial charge in [0.05, 0.1) is 23.1 Å². The van der Waals surface area contributed by atoms with Gasteiger partial charge in [0.1, 0.15) is 11.4 Å². The number of carbonyl (C=O) groups is 1. The molecule has 1 aliphatic carbocycles. The van der Waals surface area contributed by atoms with E-state index in [2.05, 4.69) is 39.8 Å². The zero-order valence-corrected chi connectivity index (χ0v) is 20.2. The maximum Gasteiger partial charge on any atom is 0.410 e. The lowest BCUT2D eigenvalue weighted by Crippen LogP contribution is -2.39. The Labute approximate surface area is 187 Å². The summed E-state index contributed by atoms with van der Waals surface area (Å²) in [6, 6.07) is 4.44. The van der Waals surface area contributed by atoms with E-state index in [1.807, 2.05) is 31.7 Å². The number of hydrogen-bond donors (Lipinski definition) is 0. The number of carbonyl (C=O) groups excluding carboxylic acids is 1. The predicted molar refractivity (Wildman–Crippen MR) is 121 cm³/mol. The zero-order chi connectivity index (χ0) is 21.7. The number of amides is 1. The number of benzene rings is 1. The van der Waals surface area contributed by atoms with E-state index in [-0.39, 0.29) is 11.5 Å². The van der Waals surface area contributed by atoms with E-state index < -0.39 is 5.60 Å². The molecule has 1 saturated heterocycles. The SMILES string of the molecule is COc1cc2nn([C@H]3CC[C@]4(CCN(C(=O)OC(C)(C)C)C4)C[C@@H]3C)cc2cc1Br. The predicted octanol–water partition coefficient (Wildman–Crippen LogP) is 5.80. The van der Waals surface area contributed by atoms with Crippen LogP contribution in [0.4, 0.5) is 4.79 Å². The van der Waals surface area contributed by atoms with Crippen molar-refractivity contribution in [3.8, 4) is 5.75 Å². The number of fused-ring (bicyclic) bond motifs is 1. The summed E-state index contributed by atoms with van der Waals surface area (Å²) in [5.41, 5.74) is 0.725. The summed E-state index contributed by atoms with van der Waals surface area (Å²) in [7, 11) is 1.67. The van der Waals surface area contributed by atoms with Crippen molar-refractivity contribution < 1.29 is 14.3 Å². The van der Waals surface area contributed by atoms with Crippen molar-refractivity contribution in [2.75, 3.05) is 20.2 Å². The van der Waals surface area contributed by atoms with Crippen LogP contribution < -0.4 is 4.74 Å². The first kappa shape index (κ1) is 21.5. The van der Waals surface area contributed by atoms with Crippen LogP contribution in [0, 0.1) is 11.3 Å². The summed E-state index contributed by atoms with van der Waals surface area (Å²) in [6.45, 7) is 9.70. The van der Waals surface area contributed by atoms with Gasteiger partial charge in [0.2, 0.25) is 0 Å². The molecule has 2 fully saturated rings. The van der Waals surface area contributed by atoms with Gasteiger partial charge in [-0.2, -0.15) is 5.10 Å². The summed E-state index contributed by atoms with van der Waals surface area (Å²) < 4.78 is 14.1. The van der Waals surface area contributed by atoms with Gasteiger partial charge in [-0.05, 0) is 79.8 Å². The van der Waals surface area contributed by atoms with Gasteiger partial charge in [-0.25, -0.2) is 4.79 Å². The molecule has 1 saturated carbocycles. The molecule has 0 N–H and O–H groups in total. The smallest absolute Gasteiger partial charge is 0.410 e. The van der Waals surface area contributed by atoms with Gasteiger partial charge in [-0.3, -0.25) is 4.68 Å². The number of ether oxygens (including phenoxy) is 2. The van der Waals surface area contributed by atoms with Crippen LogP contribution in [0.2, 0.25) is 0 Å². The fourth-order valence-corrected chi connectivity index (χ4v) is 5.73. The van der Waals surface area contributed by atoms with E-state index in [9.17, 15) is 4.79 Å². The Morgan fingerprint density at radius 3 is 2.73 bits per heavy atom. The number of methoxy groups -OCH3 is 1. The average Bonchev–Trinajstić information content (AvgIpc) is 3.24. The van der Waals surface area contributed by atoms with Crippen molar-refractivity contribution in [2.24, 2.45) is 11.3 Å². The third-order valence-corrected chi connectivity index (χ3v) is 7.23. The molecule has 1 aromatic heterocycles. The summed E-state index contributed by atoms with van der Waals surface area (Å²) in [5.74, 6) is 1.30. The highest BCUT2D eigenvalue weighted by Crippen LogP contribution is 2.49. The van der Waals surface area contributed by atoms with E-state index >= 15 is 0 Å². The second-order valence-corrected chi connectivity index (χ2v) is 10.9. The van der Waals surface area contributed by atoms with Crippen LogP contribution in [0.3, 0.4) is 0 Å². The molecule has 4 rings (SSSR count). The lowest BCUT2D eigenvalue weighted by molar-refractivity contribution is 0.0240. The first-order valence-corrected chi connectivity index (χ1v) is 11.6. The second kappa shape index (κ2) is 7.74. The third-order valence-electron chi connectivity index (χ3n) is 6.61. The van der Waals surface area contributed by atoms with Gasteiger partial charge in [0.15, 0.2) is 0 Å². The Kier molecular flexibility index (Phi) is 5.54. The summed E-state index contributed by atoms with van der Waals surface area (Å²) >= 11 is 3.57. The van der Waals surface area contributed by atoms with Gasteiger partial charge < -0.3 is 14.4 Å². The standard InChI is InChI=1S/C23H32BrN3O3/c1-15-12-23(8-9-26(14-23)21(28)30-22(2,3)4)7-6-19(15)27-13-16-10-17(24)20(29-5)11-18(16)25-27/h10-11,13,15,19H,6-9,12,14H2,1-5H3/t15-,19-,23-/m0/s1. The Morgan fingerprint density at radius 2 is 2.07 bits per heavy atom. The molecule has 7 heteroatoms. The molecule has 2 heterocycles. The molecule has 1 aliphatic heterocycles. The van der Waals surface area contributed by atoms with Crippen LogP contribution in [-0.4, -0.2) is 46.6 Å². The van der Waals surface area contributed by atoms with E-state index in [0.29, 0.717) is 12.0 Å². The van der Waals surface area contributed by atoms with Crippen molar-refractivity contribution in [3.05, 3.63) is 22.8 Å². The fraction of sp³-hybridized carbons (Fsp3) is 0.652. The highest BCUT2D eigenvalue weighted by Gasteiger charge is 2.46. The molecule has 1 aromatic carbocycles. The molecular formula is C23H32BrN3O3. The molecule has 0 radical (unpaired) electrons. The van der Waals surface area contributed by atoms with Crippen molar-refractivity contribution in [3.63, 3.8) is 0 Å². The van der Waals surface area contributed by atoms with Gasteiger partial charge in [0, 0.05) is 30.7 Å². The summed E-state index contributed by atoms with van der Waals surface area (Å²) in [6.07, 6.45) is 6.35. The second-order valence-electron chi connectivity index (χ2n) is 10.1. The quantitative estimate of drug-likeness (QED) is 0.548. The van der Waals surface area contributed by atoms with Gasteiger partial charge in [-0.1, -0.05) is 6.92 Å². The lowest BCUT2D eigenvalue weighted by Gasteiger charge is -2.41. The monoisotopic (exact) mass is 477 g/mol. The van der Waals surface area contributed by atoms with Gasteiger partial charge in [-0.15, -0.1) is 0 Å². The van der Waals surface area contributed by atoms with Crippen LogP contribution in [0.15, 0.2) is 22.8 Å². The Bertz CT molecular complexity index is 951. The van der Waals surface area contributed by atoms with Crippen LogP contribution in [0.5, 0.6) is 5.75 Å². The molecule has 6 nitrogen and oxygen atoms in total. The number of aromatic nitrogens is 2. The average molecular weight is 478 g/mol. The number of likely N-dealkylation sites (tertiary alicyclic amines) is 1. The van der Waals surface area contributed by atoms with Crippen LogP contribution in [-0.2, 0) is 4.74 Å². The molecule has 164 valence electrons. The third kappa shape index (κ3) is 4.18. The highest BCUT2D eigenvalue weighted by atomic mass is 79.9. The number of nitrogens with zero attached hydrogens (tertiary/aromatic N) is 3. The first-order valence-electron chi connectivity index (χ1n) is 10.8. The van der Waals surface area contributed by atoms with E-state index in [1.165, 1.54) is 0 Å². The zero-order valence-electron chi connectivity index (χ0n) is 18.6. The molecule has 2 aromatic rings. The van der Waals surface area contributed by atoms with Crippen LogP contribution >= 0.6 is 15.9 Å². The number of rotatable bonds is 2. The van der Waals surface area contributed by atoms with Crippen molar-refractivity contribution in [2.45, 2.75) is 65.0 Å². The molecule has 0 unspecified atom stereocenters. The van der Waals surface area contributed by atoms with Crippen molar-refractivity contribution in [1.82, 2.24) is 14.7 Å². The normalized spacial score (nSPS) is 27.1. The molecule has 1 spiro atoms. The summed E-state index contributed by atoms with van der Waals surface area (Å²) in [5, 5.41) is 5.98. The highest BCUT2D eigenvalue weighted by molar-refractivity contribution is 9.10. The molecule has 2 aliphatic rings. The van der Waals surface area contributed by atoms with E-state index in [4.69, 9.17) is 14.6 Å². The first-order chi connectivity index (χ1) is 14.1. The maximum absolute atomic E-state index is 12.5. The minimum atomic E-state index is -0.447. The summed E-state index contributed by atoms with van der Waals surface area (Å²) in [4.78, 5) is 14.4. The lowest BCUT2D eigenvalue weighted by atomic mass is 9.67. The molecule has 1 amide bonds. The van der Waals surface area contributed by atoms with Crippen molar-refractivity contribution >= 4 is 32.9 Å². The molecule has 3 atom stereocenters. The van der Waals surface area contributed by atoms with E-state index in [1.54, 1.807) is 7.11 Å². The Morgan fingerprint density at radius 1 is 1.30 bits per heavy atom. The minimum Gasteiger partial charge on any atom is -0.495 e. The topological polar surface area (TPSA) is 56.6 Å². The van der Waals surface area contributed by atoms with Crippen LogP contribution in [0.25, 0.3) is 10.9 Å². The van der Waals surface area contributed by atoms with Crippen LogP contribution in [0.1, 0.15) is 59.4 Å². The Balaban J connectivity index is 1.46. The molecular weight excluding hydrogens is 446 g/mol. The Hall–Kier alpha value is -1.76. The molecule has 0 bridgehead atoms. The minimum absolute atomic E-state index is 0.174. The van der Waals surface area contributed by atoms with E-state index in [0.717, 1.165) is 59.9 Å².